The lowest BCUT2D eigenvalue weighted by molar-refractivity contribution is 0.0708. The molecule has 1 amide bonds. The highest BCUT2D eigenvalue weighted by molar-refractivity contribution is 9.10. The van der Waals surface area contributed by atoms with E-state index in [9.17, 15) is 4.79 Å². The summed E-state index contributed by atoms with van der Waals surface area (Å²) >= 11 is 3.45. The van der Waals surface area contributed by atoms with E-state index in [1.54, 1.807) is 6.07 Å². The molecule has 21 heavy (non-hydrogen) atoms. The van der Waals surface area contributed by atoms with E-state index in [2.05, 4.69) is 28.2 Å². The van der Waals surface area contributed by atoms with Crippen LogP contribution in [0.5, 0.6) is 11.5 Å². The maximum absolute atomic E-state index is 12.6. The Hall–Kier alpha value is -0.980. The number of hydrogen-bond acceptors (Lipinski definition) is 4. The Morgan fingerprint density at radius 1 is 1.38 bits per heavy atom. The normalized spacial score (nSPS) is 20.7. The van der Waals surface area contributed by atoms with Gasteiger partial charge < -0.3 is 19.7 Å². The van der Waals surface area contributed by atoms with E-state index in [4.69, 9.17) is 9.47 Å². The number of benzene rings is 1. The predicted octanol–water partition coefficient (Wildman–Crippen LogP) is 2.08. The number of amides is 1. The van der Waals surface area contributed by atoms with Gasteiger partial charge >= 0.3 is 0 Å². The summed E-state index contributed by atoms with van der Waals surface area (Å²) in [6, 6.07) is 3.91. The fraction of sp³-hybridized carbons (Fsp3) is 0.500. The molecule has 3 rings (SSSR count). The summed E-state index contributed by atoms with van der Waals surface area (Å²) in [5.41, 5.74) is 0.634. The van der Waals surface area contributed by atoms with Crippen LogP contribution in [0.2, 0.25) is 0 Å². The van der Waals surface area contributed by atoms with Crippen LogP contribution in [0.4, 0.5) is 0 Å². The molecular formula is C14H18BrClN2O3. The maximum atomic E-state index is 12.6. The molecule has 2 aliphatic heterocycles. The van der Waals surface area contributed by atoms with Crippen LogP contribution < -0.4 is 14.8 Å². The van der Waals surface area contributed by atoms with Gasteiger partial charge in [-0.05, 0) is 35.0 Å². The van der Waals surface area contributed by atoms with Crippen molar-refractivity contribution in [1.29, 1.82) is 0 Å². The molecule has 1 aromatic carbocycles. The topological polar surface area (TPSA) is 50.8 Å². The number of rotatable bonds is 1. The first-order chi connectivity index (χ1) is 9.65. The average molecular weight is 378 g/mol. The molecule has 0 aromatic heterocycles. The van der Waals surface area contributed by atoms with Gasteiger partial charge in [0.05, 0.1) is 4.47 Å². The fourth-order valence-electron chi connectivity index (χ4n) is 2.53. The van der Waals surface area contributed by atoms with Gasteiger partial charge in [0, 0.05) is 31.2 Å². The van der Waals surface area contributed by atoms with Crippen LogP contribution in [-0.4, -0.2) is 49.7 Å². The highest BCUT2D eigenvalue weighted by atomic mass is 79.9. The number of fused-ring (bicyclic) bond motifs is 1. The monoisotopic (exact) mass is 376 g/mol. The van der Waals surface area contributed by atoms with Gasteiger partial charge in [-0.25, -0.2) is 0 Å². The Labute approximate surface area is 138 Å². The maximum Gasteiger partial charge on any atom is 0.254 e. The standard InChI is InChI=1S/C14H17BrN2O3.ClH/c1-9-8-17(3-2-16-9)14(18)10-6-11(15)13-12(7-10)19-4-5-20-13;/h6-7,9,16H,2-5,8H2,1H3;1H. The summed E-state index contributed by atoms with van der Waals surface area (Å²) in [5, 5.41) is 3.33. The summed E-state index contributed by atoms with van der Waals surface area (Å²) in [6.45, 7) is 5.42. The Morgan fingerprint density at radius 3 is 2.90 bits per heavy atom. The van der Waals surface area contributed by atoms with E-state index in [-0.39, 0.29) is 18.3 Å². The minimum atomic E-state index is 0. The van der Waals surface area contributed by atoms with Gasteiger partial charge in [0.2, 0.25) is 0 Å². The van der Waals surface area contributed by atoms with Crippen LogP contribution >= 0.6 is 28.3 Å². The predicted molar refractivity (Wildman–Crippen MR) is 85.7 cm³/mol. The van der Waals surface area contributed by atoms with Crippen molar-refractivity contribution >= 4 is 34.2 Å². The molecular weight excluding hydrogens is 360 g/mol. The lowest BCUT2D eigenvalue weighted by Crippen LogP contribution is -2.51. The molecule has 2 aliphatic rings. The molecule has 0 spiro atoms. The van der Waals surface area contributed by atoms with E-state index in [0.717, 1.165) is 24.1 Å². The molecule has 0 saturated carbocycles. The Bertz CT molecular complexity index is 541. The van der Waals surface area contributed by atoms with Crippen LogP contribution in [0, 0.1) is 0 Å². The van der Waals surface area contributed by atoms with Crippen molar-refractivity contribution in [3.05, 3.63) is 22.2 Å². The summed E-state index contributed by atoms with van der Waals surface area (Å²) in [4.78, 5) is 14.4. The molecule has 1 saturated heterocycles. The van der Waals surface area contributed by atoms with Crippen molar-refractivity contribution < 1.29 is 14.3 Å². The first-order valence-corrected chi connectivity index (χ1v) is 7.56. The zero-order valence-corrected chi connectivity index (χ0v) is 14.1. The first-order valence-electron chi connectivity index (χ1n) is 6.77. The van der Waals surface area contributed by atoms with Crippen molar-refractivity contribution in [2.45, 2.75) is 13.0 Å². The second-order valence-corrected chi connectivity index (χ2v) is 5.94. The second kappa shape index (κ2) is 6.85. The third-order valence-corrected chi connectivity index (χ3v) is 4.09. The smallest absolute Gasteiger partial charge is 0.254 e. The van der Waals surface area contributed by atoms with Crippen LogP contribution in [0.1, 0.15) is 17.3 Å². The lowest BCUT2D eigenvalue weighted by atomic mass is 10.1. The molecule has 5 nitrogen and oxygen atoms in total. The summed E-state index contributed by atoms with van der Waals surface area (Å²) < 4.78 is 11.9. The molecule has 7 heteroatoms. The molecule has 0 aliphatic carbocycles. The molecule has 1 atom stereocenters. The SMILES string of the molecule is CC1CN(C(=O)c2cc(Br)c3c(c2)OCCO3)CCN1.Cl. The van der Waals surface area contributed by atoms with Crippen LogP contribution in [0.3, 0.4) is 0 Å². The Balaban J connectivity index is 0.00000161. The second-order valence-electron chi connectivity index (χ2n) is 5.09. The number of hydrogen-bond donors (Lipinski definition) is 1. The molecule has 1 aromatic rings. The van der Waals surface area contributed by atoms with Crippen molar-refractivity contribution in [3.63, 3.8) is 0 Å². The molecule has 0 bridgehead atoms. The highest BCUT2D eigenvalue weighted by Gasteiger charge is 2.24. The van der Waals surface area contributed by atoms with Gasteiger partial charge in [0.15, 0.2) is 11.5 Å². The zero-order valence-electron chi connectivity index (χ0n) is 11.7. The quantitative estimate of drug-likeness (QED) is 0.814. The lowest BCUT2D eigenvalue weighted by Gasteiger charge is -2.32. The first kappa shape index (κ1) is 16.4. The van der Waals surface area contributed by atoms with E-state index in [0.29, 0.717) is 36.3 Å². The van der Waals surface area contributed by atoms with Crippen LogP contribution in [0.25, 0.3) is 0 Å². The Morgan fingerprint density at radius 2 is 2.14 bits per heavy atom. The molecule has 2 heterocycles. The van der Waals surface area contributed by atoms with Gasteiger partial charge in [-0.3, -0.25) is 4.79 Å². The van der Waals surface area contributed by atoms with Crippen molar-refractivity contribution in [1.82, 2.24) is 10.2 Å². The van der Waals surface area contributed by atoms with Gasteiger partial charge in [-0.15, -0.1) is 12.4 Å². The molecule has 116 valence electrons. The molecule has 1 unspecified atom stereocenters. The van der Waals surface area contributed by atoms with E-state index < -0.39 is 0 Å². The number of nitrogens with one attached hydrogen (secondary N) is 1. The summed E-state index contributed by atoms with van der Waals surface area (Å²) in [6.07, 6.45) is 0. The van der Waals surface area contributed by atoms with Gasteiger partial charge in [0.1, 0.15) is 13.2 Å². The van der Waals surface area contributed by atoms with Crippen molar-refractivity contribution in [2.75, 3.05) is 32.8 Å². The summed E-state index contributed by atoms with van der Waals surface area (Å²) in [5.74, 6) is 1.36. The minimum absolute atomic E-state index is 0. The number of carbonyl (C=O) groups is 1. The van der Waals surface area contributed by atoms with E-state index in [1.165, 1.54) is 0 Å². The number of carbonyl (C=O) groups excluding carboxylic acids is 1. The minimum Gasteiger partial charge on any atom is -0.486 e. The van der Waals surface area contributed by atoms with Crippen molar-refractivity contribution in [3.8, 4) is 11.5 Å². The van der Waals surface area contributed by atoms with Gasteiger partial charge in [-0.2, -0.15) is 0 Å². The van der Waals surface area contributed by atoms with Crippen LogP contribution in [-0.2, 0) is 0 Å². The van der Waals surface area contributed by atoms with Gasteiger partial charge in [0.25, 0.3) is 5.91 Å². The zero-order chi connectivity index (χ0) is 14.1. The molecule has 1 N–H and O–H groups in total. The third kappa shape index (κ3) is 3.44. The molecule has 0 radical (unpaired) electrons. The van der Waals surface area contributed by atoms with E-state index in [1.807, 2.05) is 11.0 Å². The number of ether oxygens (including phenoxy) is 2. The number of nitrogens with zero attached hydrogens (tertiary/aromatic N) is 1. The number of piperazine rings is 1. The number of halogens is 2. The Kier molecular flexibility index (Phi) is 5.35. The largest absolute Gasteiger partial charge is 0.486 e. The van der Waals surface area contributed by atoms with E-state index >= 15 is 0 Å². The van der Waals surface area contributed by atoms with Gasteiger partial charge in [-0.1, -0.05) is 0 Å². The average Bonchev–Trinajstić information content (AvgIpc) is 2.46. The fourth-order valence-corrected chi connectivity index (χ4v) is 3.09. The summed E-state index contributed by atoms with van der Waals surface area (Å²) in [7, 11) is 0. The highest BCUT2D eigenvalue weighted by Crippen LogP contribution is 2.38. The van der Waals surface area contributed by atoms with Crippen LogP contribution in [0.15, 0.2) is 16.6 Å². The molecule has 1 fully saturated rings. The third-order valence-electron chi connectivity index (χ3n) is 3.50. The van der Waals surface area contributed by atoms with Crippen molar-refractivity contribution in [2.24, 2.45) is 0 Å².